The van der Waals surface area contributed by atoms with Crippen molar-refractivity contribution in [1.82, 2.24) is 14.5 Å². The first kappa shape index (κ1) is 14.5. The summed E-state index contributed by atoms with van der Waals surface area (Å²) < 4.78 is 8.24. The summed E-state index contributed by atoms with van der Waals surface area (Å²) in [4.78, 5) is 7.05. The Labute approximate surface area is 136 Å². The van der Waals surface area contributed by atoms with Gasteiger partial charge in [-0.15, -0.1) is 0 Å². The molecule has 0 spiro atoms. The van der Waals surface area contributed by atoms with E-state index in [1.54, 1.807) is 0 Å². The van der Waals surface area contributed by atoms with E-state index in [4.69, 9.17) is 4.42 Å². The largest absolute Gasteiger partial charge is 0.459 e. The second-order valence-corrected chi connectivity index (χ2v) is 6.62. The van der Waals surface area contributed by atoms with Crippen LogP contribution in [0.25, 0.3) is 11.0 Å². The van der Waals surface area contributed by atoms with Crippen LogP contribution in [-0.2, 0) is 13.6 Å². The van der Waals surface area contributed by atoms with Gasteiger partial charge in [-0.25, -0.2) is 4.98 Å². The van der Waals surface area contributed by atoms with Crippen LogP contribution in [0, 0.1) is 6.92 Å². The van der Waals surface area contributed by atoms with Crippen LogP contribution in [0.15, 0.2) is 41.1 Å². The van der Waals surface area contributed by atoms with Crippen molar-refractivity contribution in [1.29, 1.82) is 0 Å². The van der Waals surface area contributed by atoms with E-state index in [0.717, 1.165) is 31.0 Å². The molecule has 4 heteroatoms. The number of fused-ring (bicyclic) bond motifs is 1. The summed E-state index contributed by atoms with van der Waals surface area (Å²) >= 11 is 0. The highest BCUT2D eigenvalue weighted by molar-refractivity contribution is 5.81. The molecule has 1 atom stereocenters. The Morgan fingerprint density at radius 1 is 1.30 bits per heavy atom. The van der Waals surface area contributed by atoms with Gasteiger partial charge in [0, 0.05) is 37.3 Å². The predicted molar refractivity (Wildman–Crippen MR) is 91.4 cm³/mol. The zero-order chi connectivity index (χ0) is 15.8. The van der Waals surface area contributed by atoms with E-state index in [0.29, 0.717) is 5.92 Å². The molecule has 1 aliphatic rings. The van der Waals surface area contributed by atoms with Crippen LogP contribution in [0.3, 0.4) is 0 Å². The van der Waals surface area contributed by atoms with Crippen LogP contribution < -0.4 is 0 Å². The van der Waals surface area contributed by atoms with E-state index in [2.05, 4.69) is 46.6 Å². The van der Waals surface area contributed by atoms with E-state index in [1.165, 1.54) is 29.6 Å². The van der Waals surface area contributed by atoms with Gasteiger partial charge in [0.2, 0.25) is 0 Å². The van der Waals surface area contributed by atoms with E-state index in [9.17, 15) is 0 Å². The van der Waals surface area contributed by atoms with Gasteiger partial charge in [0.15, 0.2) is 0 Å². The van der Waals surface area contributed by atoms with Crippen molar-refractivity contribution in [2.75, 3.05) is 13.1 Å². The number of rotatable bonds is 3. The van der Waals surface area contributed by atoms with Crippen LogP contribution >= 0.6 is 0 Å². The summed E-state index contributed by atoms with van der Waals surface area (Å²) in [6.07, 6.45) is 6.38. The molecule has 120 valence electrons. The maximum absolute atomic E-state index is 6.09. The molecule has 0 unspecified atom stereocenters. The fourth-order valence-corrected chi connectivity index (χ4v) is 3.76. The maximum Gasteiger partial charge on any atom is 0.134 e. The molecule has 0 aliphatic carbocycles. The maximum atomic E-state index is 6.09. The van der Waals surface area contributed by atoms with Crippen molar-refractivity contribution in [2.45, 2.75) is 32.2 Å². The van der Waals surface area contributed by atoms with E-state index < -0.39 is 0 Å². The van der Waals surface area contributed by atoms with Crippen LogP contribution in [0.2, 0.25) is 0 Å². The van der Waals surface area contributed by atoms with Gasteiger partial charge in [0.1, 0.15) is 17.2 Å². The number of imidazole rings is 1. The second kappa shape index (κ2) is 5.85. The number of piperidine rings is 1. The van der Waals surface area contributed by atoms with Gasteiger partial charge in [-0.05, 0) is 37.9 Å². The van der Waals surface area contributed by atoms with Crippen molar-refractivity contribution in [2.24, 2.45) is 7.05 Å². The fraction of sp³-hybridized carbons (Fsp3) is 0.421. The number of likely N-dealkylation sites (tertiary alicyclic amines) is 1. The highest BCUT2D eigenvalue weighted by Crippen LogP contribution is 2.29. The third-order valence-corrected chi connectivity index (χ3v) is 5.04. The monoisotopic (exact) mass is 309 g/mol. The van der Waals surface area contributed by atoms with Crippen molar-refractivity contribution in [3.8, 4) is 0 Å². The highest BCUT2D eigenvalue weighted by Gasteiger charge is 2.25. The minimum absolute atomic E-state index is 0.522. The first-order chi connectivity index (χ1) is 11.2. The SMILES string of the molecule is Cc1c(CN2CCC[C@@H](c3nccn3C)C2)oc2ccccc12. The quantitative estimate of drug-likeness (QED) is 0.737. The Morgan fingerprint density at radius 3 is 2.96 bits per heavy atom. The molecule has 1 aliphatic heterocycles. The van der Waals surface area contributed by atoms with Crippen molar-refractivity contribution in [3.05, 3.63) is 53.8 Å². The first-order valence-corrected chi connectivity index (χ1v) is 8.39. The molecule has 1 saturated heterocycles. The second-order valence-electron chi connectivity index (χ2n) is 6.62. The number of furan rings is 1. The summed E-state index contributed by atoms with van der Waals surface area (Å²) in [5.41, 5.74) is 2.28. The first-order valence-electron chi connectivity index (χ1n) is 8.39. The highest BCUT2D eigenvalue weighted by atomic mass is 16.3. The number of hydrogen-bond acceptors (Lipinski definition) is 3. The number of hydrogen-bond donors (Lipinski definition) is 0. The van der Waals surface area contributed by atoms with Gasteiger partial charge < -0.3 is 8.98 Å². The van der Waals surface area contributed by atoms with Crippen molar-refractivity contribution < 1.29 is 4.42 Å². The fourth-order valence-electron chi connectivity index (χ4n) is 3.76. The Bertz CT molecular complexity index is 817. The average Bonchev–Trinajstić information content (AvgIpc) is 3.12. The summed E-state index contributed by atoms with van der Waals surface area (Å²) in [5.74, 6) is 2.83. The molecular weight excluding hydrogens is 286 g/mol. The number of nitrogens with zero attached hydrogens (tertiary/aromatic N) is 3. The van der Waals surface area contributed by atoms with Gasteiger partial charge >= 0.3 is 0 Å². The van der Waals surface area contributed by atoms with Gasteiger partial charge in [0.05, 0.1) is 6.54 Å². The molecule has 1 aromatic carbocycles. The smallest absolute Gasteiger partial charge is 0.134 e. The van der Waals surface area contributed by atoms with Crippen molar-refractivity contribution >= 4 is 11.0 Å². The van der Waals surface area contributed by atoms with E-state index >= 15 is 0 Å². The standard InChI is InChI=1S/C19H23N3O/c1-14-16-7-3-4-8-17(16)23-18(14)13-22-10-5-6-15(12-22)19-20-9-11-21(19)2/h3-4,7-9,11,15H,5-6,10,12-13H2,1-2H3/t15-/m1/s1. The third-order valence-electron chi connectivity index (χ3n) is 5.04. The van der Waals surface area contributed by atoms with Gasteiger partial charge in [0.25, 0.3) is 0 Å². The Kier molecular flexibility index (Phi) is 3.69. The van der Waals surface area contributed by atoms with Crippen molar-refractivity contribution in [3.63, 3.8) is 0 Å². The average molecular weight is 309 g/mol. The number of para-hydroxylation sites is 1. The van der Waals surface area contributed by atoms with Gasteiger partial charge in [-0.2, -0.15) is 0 Å². The van der Waals surface area contributed by atoms with Crippen LogP contribution in [-0.4, -0.2) is 27.5 Å². The van der Waals surface area contributed by atoms with Crippen LogP contribution in [0.1, 0.15) is 35.9 Å². The summed E-state index contributed by atoms with van der Waals surface area (Å²) in [7, 11) is 2.09. The molecule has 0 N–H and O–H groups in total. The zero-order valence-electron chi connectivity index (χ0n) is 13.8. The normalized spacial score (nSPS) is 19.5. The van der Waals surface area contributed by atoms with E-state index in [-0.39, 0.29) is 0 Å². The van der Waals surface area contributed by atoms with Crippen LogP contribution in [0.4, 0.5) is 0 Å². The minimum Gasteiger partial charge on any atom is -0.459 e. The molecule has 4 rings (SSSR count). The summed E-state index contributed by atoms with van der Waals surface area (Å²) in [5, 5.41) is 1.24. The molecule has 23 heavy (non-hydrogen) atoms. The third kappa shape index (κ3) is 2.68. The Balaban J connectivity index is 1.54. The Hall–Kier alpha value is -2.07. The minimum atomic E-state index is 0.522. The van der Waals surface area contributed by atoms with E-state index in [1.807, 2.05) is 18.5 Å². The summed E-state index contributed by atoms with van der Waals surface area (Å²) in [6.45, 7) is 5.25. The lowest BCUT2D eigenvalue weighted by Crippen LogP contribution is -2.34. The topological polar surface area (TPSA) is 34.2 Å². The lowest BCUT2D eigenvalue weighted by molar-refractivity contribution is 0.183. The molecule has 0 bridgehead atoms. The lowest BCUT2D eigenvalue weighted by Gasteiger charge is -2.31. The molecule has 0 saturated carbocycles. The molecular formula is C19H23N3O. The summed E-state index contributed by atoms with van der Waals surface area (Å²) in [6, 6.07) is 8.31. The molecule has 0 radical (unpaired) electrons. The number of aromatic nitrogens is 2. The van der Waals surface area contributed by atoms with Crippen LogP contribution in [0.5, 0.6) is 0 Å². The number of aryl methyl sites for hydroxylation is 2. The molecule has 0 amide bonds. The Morgan fingerprint density at radius 2 is 2.17 bits per heavy atom. The molecule has 1 fully saturated rings. The van der Waals surface area contributed by atoms with Gasteiger partial charge in [-0.1, -0.05) is 18.2 Å². The van der Waals surface area contributed by atoms with Gasteiger partial charge in [-0.3, -0.25) is 4.90 Å². The zero-order valence-corrected chi connectivity index (χ0v) is 13.8. The molecule has 4 nitrogen and oxygen atoms in total. The predicted octanol–water partition coefficient (Wildman–Crippen LogP) is 3.85. The lowest BCUT2D eigenvalue weighted by atomic mass is 9.97. The number of benzene rings is 1. The molecule has 2 aromatic heterocycles. The molecule has 3 heterocycles. The molecule has 3 aromatic rings.